The van der Waals surface area contributed by atoms with Crippen LogP contribution in [-0.2, 0) is 0 Å². The van der Waals surface area contributed by atoms with Crippen molar-refractivity contribution in [3.05, 3.63) is 30.8 Å². The fraction of sp³-hybridized carbons (Fsp3) is 0.200. The molecule has 0 unspecified atom stereocenters. The lowest BCUT2D eigenvalue weighted by Gasteiger charge is -1.99. The lowest BCUT2D eigenvalue weighted by molar-refractivity contribution is 0.360. The molecule has 7 heteroatoms. The van der Waals surface area contributed by atoms with Crippen molar-refractivity contribution in [3.63, 3.8) is 0 Å². The quantitative estimate of drug-likeness (QED) is 0.612. The van der Waals surface area contributed by atoms with E-state index < -0.39 is 11.0 Å². The van der Waals surface area contributed by atoms with Crippen molar-refractivity contribution in [2.45, 2.75) is 3.74 Å². The van der Waals surface area contributed by atoms with E-state index >= 15 is 0 Å². The smallest absolute Gasteiger partial charge is 0.325 e. The van der Waals surface area contributed by atoms with Gasteiger partial charge in [-0.25, -0.2) is 0 Å². The number of alkyl halides is 2. The molecule has 0 bridgehead atoms. The average Bonchev–Trinajstić information content (AvgIpc) is 2.00. The largest absolute Gasteiger partial charge is 0.380 e. The van der Waals surface area contributed by atoms with Crippen molar-refractivity contribution in [1.29, 1.82) is 0 Å². The molecule has 0 aliphatic heterocycles. The predicted molar refractivity (Wildman–Crippen MR) is 53.9 cm³/mol. The van der Waals surface area contributed by atoms with E-state index in [0.29, 0.717) is 5.76 Å². The minimum absolute atomic E-state index is 0.116. The molecule has 0 saturated heterocycles. The monoisotopic (exact) mass is 361 g/mol. The van der Waals surface area contributed by atoms with Crippen LogP contribution < -0.4 is 11.0 Å². The SMILES string of the molecule is O=c1[nH]oc(C(Br)Br)c(Br)c1=O. The molecule has 1 heterocycles. The molecule has 1 rings (SSSR count). The Hall–Kier alpha value is 0.120. The van der Waals surface area contributed by atoms with Crippen LogP contribution >= 0.6 is 47.8 Å². The van der Waals surface area contributed by atoms with Gasteiger partial charge in [0.15, 0.2) is 5.76 Å². The number of rotatable bonds is 1. The third-order valence-electron chi connectivity index (χ3n) is 1.07. The Labute approximate surface area is 91.7 Å². The highest BCUT2D eigenvalue weighted by Crippen LogP contribution is 2.31. The zero-order chi connectivity index (χ0) is 9.30. The molecule has 1 N–H and O–H groups in total. The summed E-state index contributed by atoms with van der Waals surface area (Å²) in [5.41, 5.74) is -1.44. The van der Waals surface area contributed by atoms with Crippen LogP contribution in [-0.4, -0.2) is 5.16 Å². The first-order chi connectivity index (χ1) is 5.54. The summed E-state index contributed by atoms with van der Waals surface area (Å²) in [6.45, 7) is 0. The molecule has 0 spiro atoms. The van der Waals surface area contributed by atoms with Gasteiger partial charge in [0.25, 0.3) is 5.43 Å². The fourth-order valence-electron chi connectivity index (χ4n) is 0.544. The van der Waals surface area contributed by atoms with Crippen LogP contribution in [0, 0.1) is 0 Å². The zero-order valence-corrected chi connectivity index (χ0v) is 10.2. The summed E-state index contributed by atoms with van der Waals surface area (Å²) in [6, 6.07) is 0. The molecule has 0 aliphatic rings. The van der Waals surface area contributed by atoms with Crippen molar-refractivity contribution >= 4 is 47.8 Å². The van der Waals surface area contributed by atoms with Crippen molar-refractivity contribution in [3.8, 4) is 0 Å². The number of nitrogens with one attached hydrogen (secondary N) is 1. The van der Waals surface area contributed by atoms with Crippen molar-refractivity contribution in [2.24, 2.45) is 0 Å². The van der Waals surface area contributed by atoms with Crippen LogP contribution in [0.1, 0.15) is 9.50 Å². The Kier molecular flexibility index (Phi) is 3.30. The Morgan fingerprint density at radius 3 is 2.42 bits per heavy atom. The van der Waals surface area contributed by atoms with Gasteiger partial charge in [0.05, 0.1) is 0 Å². The normalized spacial score (nSPS) is 10.7. The maximum absolute atomic E-state index is 11.0. The average molecular weight is 364 g/mol. The summed E-state index contributed by atoms with van der Waals surface area (Å²) in [7, 11) is 0. The summed E-state index contributed by atoms with van der Waals surface area (Å²) in [6.07, 6.45) is 0. The molecule has 1 aromatic rings. The highest BCUT2D eigenvalue weighted by Gasteiger charge is 2.15. The first kappa shape index (κ1) is 10.2. The molecular formula is C5H2Br3NO3. The predicted octanol–water partition coefficient (Wildman–Crippen LogP) is 1.88. The van der Waals surface area contributed by atoms with E-state index in [4.69, 9.17) is 4.52 Å². The molecule has 12 heavy (non-hydrogen) atoms. The molecule has 1 aromatic heterocycles. The summed E-state index contributed by atoms with van der Waals surface area (Å²) in [5, 5.41) is 1.96. The third-order valence-corrected chi connectivity index (χ3v) is 2.66. The summed E-state index contributed by atoms with van der Waals surface area (Å²) in [4.78, 5) is 21.7. The topological polar surface area (TPSA) is 63.1 Å². The van der Waals surface area contributed by atoms with Crippen LogP contribution in [0.3, 0.4) is 0 Å². The van der Waals surface area contributed by atoms with Gasteiger partial charge in [-0.3, -0.25) is 9.59 Å². The fourth-order valence-corrected chi connectivity index (χ4v) is 2.29. The van der Waals surface area contributed by atoms with E-state index in [1.54, 1.807) is 0 Å². The van der Waals surface area contributed by atoms with Gasteiger partial charge < -0.3 is 4.52 Å². The molecule has 0 radical (unpaired) electrons. The number of aromatic amines is 1. The van der Waals surface area contributed by atoms with E-state index in [1.807, 2.05) is 5.16 Å². The number of aromatic nitrogens is 1. The number of halogens is 3. The Morgan fingerprint density at radius 2 is 1.92 bits per heavy atom. The lowest BCUT2D eigenvalue weighted by atomic mass is 10.4. The van der Waals surface area contributed by atoms with E-state index in [2.05, 4.69) is 47.8 Å². The van der Waals surface area contributed by atoms with Gasteiger partial charge in [-0.2, -0.15) is 5.16 Å². The molecule has 0 amide bonds. The molecular weight excluding hydrogens is 362 g/mol. The third kappa shape index (κ3) is 1.89. The molecule has 0 atom stereocenters. The Morgan fingerprint density at radius 1 is 1.33 bits per heavy atom. The first-order valence-electron chi connectivity index (χ1n) is 2.73. The Balaban J connectivity index is 3.47. The molecule has 0 aromatic carbocycles. The van der Waals surface area contributed by atoms with Gasteiger partial charge in [0.2, 0.25) is 0 Å². The number of H-pyrrole nitrogens is 1. The molecule has 0 aliphatic carbocycles. The van der Waals surface area contributed by atoms with Crippen molar-refractivity contribution < 1.29 is 4.52 Å². The minimum Gasteiger partial charge on any atom is -0.380 e. The highest BCUT2D eigenvalue weighted by atomic mass is 79.9. The van der Waals surface area contributed by atoms with Gasteiger partial charge >= 0.3 is 5.56 Å². The number of hydrogen-bond donors (Lipinski definition) is 1. The molecule has 66 valence electrons. The van der Waals surface area contributed by atoms with Gasteiger partial charge in [0.1, 0.15) is 8.21 Å². The molecule has 0 saturated carbocycles. The Bertz CT molecular complexity index is 394. The number of hydrogen-bond acceptors (Lipinski definition) is 3. The second kappa shape index (κ2) is 3.89. The van der Waals surface area contributed by atoms with Crippen LogP contribution in [0.15, 0.2) is 18.6 Å². The maximum atomic E-state index is 11.0. The van der Waals surface area contributed by atoms with E-state index in [9.17, 15) is 9.59 Å². The van der Waals surface area contributed by atoms with Crippen LogP contribution in [0.5, 0.6) is 0 Å². The van der Waals surface area contributed by atoms with Crippen molar-refractivity contribution in [2.75, 3.05) is 0 Å². The van der Waals surface area contributed by atoms with Gasteiger partial charge in [-0.05, 0) is 15.9 Å². The summed E-state index contributed by atoms with van der Waals surface area (Å²) in [5.74, 6) is 0.291. The first-order valence-corrected chi connectivity index (χ1v) is 5.35. The molecule has 0 fully saturated rings. The van der Waals surface area contributed by atoms with Gasteiger partial charge in [-0.1, -0.05) is 31.9 Å². The van der Waals surface area contributed by atoms with Gasteiger partial charge in [-0.15, -0.1) is 0 Å². The van der Waals surface area contributed by atoms with E-state index in [1.165, 1.54) is 0 Å². The van der Waals surface area contributed by atoms with Crippen LogP contribution in [0.2, 0.25) is 0 Å². The summed E-state index contributed by atoms with van der Waals surface area (Å²) >= 11 is 9.19. The standard InChI is InChI=1S/C5H2Br3NO3/c6-1-2(10)5(11)9-12-3(1)4(7)8/h4H,(H,9,11). The highest BCUT2D eigenvalue weighted by molar-refractivity contribution is 9.24. The van der Waals surface area contributed by atoms with Crippen molar-refractivity contribution in [1.82, 2.24) is 5.16 Å². The van der Waals surface area contributed by atoms with E-state index in [-0.39, 0.29) is 8.21 Å². The molecule has 4 nitrogen and oxygen atoms in total. The maximum Gasteiger partial charge on any atom is 0.325 e. The summed E-state index contributed by atoms with van der Waals surface area (Å²) < 4.78 is 4.55. The van der Waals surface area contributed by atoms with Crippen LogP contribution in [0.25, 0.3) is 0 Å². The zero-order valence-electron chi connectivity index (χ0n) is 5.44. The van der Waals surface area contributed by atoms with Gasteiger partial charge in [0, 0.05) is 0 Å². The second-order valence-corrected chi connectivity index (χ2v) is 5.69. The van der Waals surface area contributed by atoms with Crippen LogP contribution in [0.4, 0.5) is 0 Å². The second-order valence-electron chi connectivity index (χ2n) is 1.84. The minimum atomic E-state index is -0.786. The lowest BCUT2D eigenvalue weighted by Crippen LogP contribution is -2.27. The van der Waals surface area contributed by atoms with E-state index in [0.717, 1.165) is 0 Å².